The number of rotatable bonds is 10. The molecule has 1 aliphatic rings. The van der Waals surface area contributed by atoms with Crippen LogP contribution in [0.1, 0.15) is 50.4 Å². The van der Waals surface area contributed by atoms with E-state index < -0.39 is 12.0 Å². The van der Waals surface area contributed by atoms with Crippen LogP contribution in [0.4, 0.5) is 0 Å². The van der Waals surface area contributed by atoms with Crippen LogP contribution in [0.25, 0.3) is 6.08 Å². The Morgan fingerprint density at radius 3 is 2.43 bits per heavy atom. The highest BCUT2D eigenvalue weighted by atomic mass is 35.5. The zero-order chi connectivity index (χ0) is 31.4. The Hall–Kier alpha value is -4.34. The van der Waals surface area contributed by atoms with Crippen molar-refractivity contribution >= 4 is 35.0 Å². The van der Waals surface area contributed by atoms with E-state index in [4.69, 9.17) is 30.5 Å². The van der Waals surface area contributed by atoms with Gasteiger partial charge in [0.25, 0.3) is 5.56 Å². The predicted octanol–water partition coefficient (Wildman–Crippen LogP) is 5.83. The third-order valence-electron chi connectivity index (χ3n) is 6.88. The van der Waals surface area contributed by atoms with Gasteiger partial charge in [-0.2, -0.15) is 0 Å². The SMILES string of the molecule is CCOc1ccc([C@@H]2C(C(=O)OC(C)C)=C(C)N=c3s/c(=C/c4ccc(OCc5ccc(Cl)cc5)c(OC)c4)c(=O)n32)cc1. The fourth-order valence-corrected chi connectivity index (χ4v) is 6.05. The van der Waals surface area contributed by atoms with Crippen molar-refractivity contribution in [2.45, 2.75) is 46.4 Å². The lowest BCUT2D eigenvalue weighted by Gasteiger charge is -2.25. The lowest BCUT2D eigenvalue weighted by atomic mass is 9.96. The molecular formula is C34H33ClN2O6S. The number of benzene rings is 3. The van der Waals surface area contributed by atoms with Crippen LogP contribution in [-0.2, 0) is 16.1 Å². The summed E-state index contributed by atoms with van der Waals surface area (Å²) in [4.78, 5) is 32.5. The summed E-state index contributed by atoms with van der Waals surface area (Å²) in [5, 5.41) is 0.661. The molecule has 1 atom stereocenters. The van der Waals surface area contributed by atoms with Crippen molar-refractivity contribution in [2.24, 2.45) is 4.99 Å². The summed E-state index contributed by atoms with van der Waals surface area (Å²) >= 11 is 7.24. The summed E-state index contributed by atoms with van der Waals surface area (Å²) in [5.74, 6) is 1.29. The first-order valence-corrected chi connectivity index (χ1v) is 15.4. The smallest absolute Gasteiger partial charge is 0.338 e. The van der Waals surface area contributed by atoms with Gasteiger partial charge in [-0.3, -0.25) is 9.36 Å². The summed E-state index contributed by atoms with van der Waals surface area (Å²) in [5.41, 5.74) is 3.03. The second kappa shape index (κ2) is 13.5. The number of ether oxygens (including phenoxy) is 4. The Morgan fingerprint density at radius 1 is 1.05 bits per heavy atom. The van der Waals surface area contributed by atoms with Gasteiger partial charge < -0.3 is 18.9 Å². The van der Waals surface area contributed by atoms with Crippen molar-refractivity contribution in [3.63, 3.8) is 0 Å². The maximum absolute atomic E-state index is 14.0. The number of aromatic nitrogens is 1. The van der Waals surface area contributed by atoms with E-state index in [0.717, 1.165) is 16.7 Å². The molecule has 4 aromatic rings. The number of methoxy groups -OCH3 is 1. The molecule has 0 saturated carbocycles. The Kier molecular flexibility index (Phi) is 9.56. The Labute approximate surface area is 264 Å². The number of halogens is 1. The highest BCUT2D eigenvalue weighted by Crippen LogP contribution is 2.32. The Bertz CT molecular complexity index is 1870. The molecule has 0 saturated heterocycles. The van der Waals surface area contributed by atoms with Gasteiger partial charge in [-0.1, -0.05) is 53.3 Å². The van der Waals surface area contributed by atoms with E-state index in [1.165, 1.54) is 11.3 Å². The Morgan fingerprint density at radius 2 is 1.77 bits per heavy atom. The number of carbonyl (C=O) groups is 1. The lowest BCUT2D eigenvalue weighted by Crippen LogP contribution is -2.40. The molecule has 1 aromatic heterocycles. The molecule has 5 rings (SSSR count). The van der Waals surface area contributed by atoms with Crippen molar-refractivity contribution in [3.8, 4) is 17.2 Å². The van der Waals surface area contributed by atoms with Crippen LogP contribution in [0.3, 0.4) is 0 Å². The fraction of sp³-hybridized carbons (Fsp3) is 0.265. The minimum absolute atomic E-state index is 0.267. The molecule has 44 heavy (non-hydrogen) atoms. The van der Waals surface area contributed by atoms with Gasteiger partial charge in [0.15, 0.2) is 16.3 Å². The molecule has 0 N–H and O–H groups in total. The summed E-state index contributed by atoms with van der Waals surface area (Å²) in [6, 6.07) is 19.6. The average molecular weight is 633 g/mol. The largest absolute Gasteiger partial charge is 0.494 e. The third kappa shape index (κ3) is 6.74. The van der Waals surface area contributed by atoms with Gasteiger partial charge in [0.1, 0.15) is 12.4 Å². The first kappa shape index (κ1) is 31.1. The molecular weight excluding hydrogens is 600 g/mol. The first-order valence-electron chi connectivity index (χ1n) is 14.2. The molecule has 10 heteroatoms. The molecule has 8 nitrogen and oxygen atoms in total. The lowest BCUT2D eigenvalue weighted by molar-refractivity contribution is -0.143. The molecule has 0 spiro atoms. The van der Waals surface area contributed by atoms with Gasteiger partial charge in [0.2, 0.25) is 0 Å². The molecule has 0 aliphatic carbocycles. The molecule has 0 amide bonds. The third-order valence-corrected chi connectivity index (χ3v) is 8.12. The van der Waals surface area contributed by atoms with Gasteiger partial charge in [-0.15, -0.1) is 0 Å². The number of fused-ring (bicyclic) bond motifs is 1. The first-order chi connectivity index (χ1) is 21.2. The fourth-order valence-electron chi connectivity index (χ4n) is 4.87. The van der Waals surface area contributed by atoms with Crippen molar-refractivity contribution in [3.05, 3.63) is 119 Å². The van der Waals surface area contributed by atoms with Crippen molar-refractivity contribution in [1.29, 1.82) is 0 Å². The molecule has 0 bridgehead atoms. The zero-order valence-corrected chi connectivity index (χ0v) is 26.7. The van der Waals surface area contributed by atoms with Crippen LogP contribution in [0.5, 0.6) is 17.2 Å². The summed E-state index contributed by atoms with van der Waals surface area (Å²) in [6.07, 6.45) is 1.46. The minimum Gasteiger partial charge on any atom is -0.494 e. The summed E-state index contributed by atoms with van der Waals surface area (Å²) < 4.78 is 24.8. The van der Waals surface area contributed by atoms with E-state index >= 15 is 0 Å². The van der Waals surface area contributed by atoms with Crippen LogP contribution < -0.4 is 29.1 Å². The second-order valence-electron chi connectivity index (χ2n) is 10.4. The van der Waals surface area contributed by atoms with E-state index in [-0.39, 0.29) is 11.7 Å². The molecule has 3 aromatic carbocycles. The number of nitrogens with zero attached hydrogens (tertiary/aromatic N) is 2. The summed E-state index contributed by atoms with van der Waals surface area (Å²) in [7, 11) is 1.57. The van der Waals surface area contributed by atoms with Crippen LogP contribution in [0, 0.1) is 0 Å². The predicted molar refractivity (Wildman–Crippen MR) is 171 cm³/mol. The number of allylic oxidation sites excluding steroid dienone is 1. The van der Waals surface area contributed by atoms with Crippen LogP contribution in [0.15, 0.2) is 87.8 Å². The maximum atomic E-state index is 14.0. The van der Waals surface area contributed by atoms with E-state index in [1.54, 1.807) is 38.5 Å². The second-order valence-corrected chi connectivity index (χ2v) is 11.8. The molecule has 0 fully saturated rings. The van der Waals surface area contributed by atoms with E-state index in [0.29, 0.717) is 56.1 Å². The zero-order valence-electron chi connectivity index (χ0n) is 25.1. The molecule has 1 aliphatic heterocycles. The van der Waals surface area contributed by atoms with Gasteiger partial charge in [0, 0.05) is 5.02 Å². The quantitative estimate of drug-likeness (QED) is 0.205. The Balaban J connectivity index is 1.53. The monoisotopic (exact) mass is 632 g/mol. The van der Waals surface area contributed by atoms with Crippen molar-refractivity contribution in [1.82, 2.24) is 4.57 Å². The minimum atomic E-state index is -0.714. The van der Waals surface area contributed by atoms with E-state index in [1.807, 2.05) is 73.7 Å². The molecule has 228 valence electrons. The number of esters is 1. The van der Waals surface area contributed by atoms with Crippen molar-refractivity contribution < 1.29 is 23.7 Å². The molecule has 0 unspecified atom stereocenters. The van der Waals surface area contributed by atoms with Gasteiger partial charge in [-0.25, -0.2) is 9.79 Å². The number of hydrogen-bond acceptors (Lipinski definition) is 8. The molecule has 0 radical (unpaired) electrons. The van der Waals surface area contributed by atoms with Gasteiger partial charge in [0.05, 0.1) is 41.7 Å². The number of hydrogen-bond donors (Lipinski definition) is 0. The van der Waals surface area contributed by atoms with Gasteiger partial charge in [-0.05, 0) is 86.9 Å². The normalized spacial score (nSPS) is 14.7. The topological polar surface area (TPSA) is 88.4 Å². The molecule has 2 heterocycles. The van der Waals surface area contributed by atoms with Crippen LogP contribution >= 0.6 is 22.9 Å². The van der Waals surface area contributed by atoms with Gasteiger partial charge >= 0.3 is 5.97 Å². The van der Waals surface area contributed by atoms with E-state index in [2.05, 4.69) is 4.99 Å². The van der Waals surface area contributed by atoms with Crippen LogP contribution in [-0.4, -0.2) is 30.4 Å². The average Bonchev–Trinajstić information content (AvgIpc) is 3.30. The van der Waals surface area contributed by atoms with Crippen LogP contribution in [0.2, 0.25) is 5.02 Å². The summed E-state index contributed by atoms with van der Waals surface area (Å²) in [6.45, 7) is 8.13. The highest BCUT2D eigenvalue weighted by molar-refractivity contribution is 7.07. The number of carbonyl (C=O) groups excluding carboxylic acids is 1. The van der Waals surface area contributed by atoms with E-state index in [9.17, 15) is 9.59 Å². The number of thiazole rings is 1. The highest BCUT2D eigenvalue weighted by Gasteiger charge is 2.33. The van der Waals surface area contributed by atoms with Crippen molar-refractivity contribution in [2.75, 3.05) is 13.7 Å². The maximum Gasteiger partial charge on any atom is 0.338 e. The standard InChI is InChI=1S/C34H33ClN2O6S/c1-6-41-26-14-10-24(11-15-26)31-30(33(39)43-20(2)3)21(4)36-34-37(31)32(38)29(44-34)18-23-9-16-27(28(17-23)40-5)42-19-22-7-12-25(35)13-8-22/h7-18,20,31H,6,19H2,1-5H3/b29-18+/t31-/m1/s1.